The molecule has 1 aliphatic rings. The van der Waals surface area contributed by atoms with E-state index in [-0.39, 0.29) is 23.0 Å². The van der Waals surface area contributed by atoms with E-state index in [4.69, 9.17) is 5.73 Å². The first-order valence-electron chi connectivity index (χ1n) is 9.30. The Hall–Kier alpha value is -2.41. The third kappa shape index (κ3) is 3.69. The van der Waals surface area contributed by atoms with Crippen LogP contribution >= 0.6 is 0 Å². The maximum atomic E-state index is 14.9. The van der Waals surface area contributed by atoms with Gasteiger partial charge >= 0.3 is 5.97 Å². The topological polar surface area (TPSA) is 88.6 Å². The molecule has 1 heterocycles. The van der Waals surface area contributed by atoms with E-state index < -0.39 is 17.2 Å². The molecule has 1 aromatic heterocycles. The van der Waals surface area contributed by atoms with Crippen LogP contribution in [0.4, 0.5) is 10.1 Å². The highest BCUT2D eigenvalue weighted by molar-refractivity contribution is 5.95. The lowest BCUT2D eigenvalue weighted by molar-refractivity contribution is 0.0695. The van der Waals surface area contributed by atoms with Gasteiger partial charge in [-0.1, -0.05) is 0 Å². The zero-order valence-electron chi connectivity index (χ0n) is 16.0. The summed E-state index contributed by atoms with van der Waals surface area (Å²) in [6.07, 6.45) is 4.93. The van der Waals surface area contributed by atoms with Crippen LogP contribution in [-0.2, 0) is 0 Å². The lowest BCUT2D eigenvalue weighted by atomic mass is 10.0. The Morgan fingerprint density at radius 1 is 1.48 bits per heavy atom. The third-order valence-corrected chi connectivity index (χ3v) is 5.18. The number of benzene rings is 1. The molecule has 1 aliphatic carbocycles. The molecule has 0 spiro atoms. The predicted octanol–water partition coefficient (Wildman–Crippen LogP) is 3.05. The van der Waals surface area contributed by atoms with E-state index in [0.29, 0.717) is 23.3 Å². The van der Waals surface area contributed by atoms with E-state index in [1.165, 1.54) is 12.3 Å². The summed E-state index contributed by atoms with van der Waals surface area (Å²) in [6.45, 7) is 4.38. The Balaban J connectivity index is 2.15. The second-order valence-corrected chi connectivity index (χ2v) is 7.58. The van der Waals surface area contributed by atoms with Gasteiger partial charge in [-0.05, 0) is 51.2 Å². The molecule has 27 heavy (non-hydrogen) atoms. The van der Waals surface area contributed by atoms with Crippen LogP contribution in [0, 0.1) is 12.7 Å². The van der Waals surface area contributed by atoms with Crippen LogP contribution in [0.1, 0.15) is 54.6 Å². The molecule has 0 amide bonds. The van der Waals surface area contributed by atoms with Gasteiger partial charge in [-0.15, -0.1) is 0 Å². The maximum absolute atomic E-state index is 14.9. The minimum Gasteiger partial charge on any atom is -0.477 e. The van der Waals surface area contributed by atoms with Crippen molar-refractivity contribution in [2.75, 3.05) is 18.5 Å². The Labute approximate surface area is 157 Å². The van der Waals surface area contributed by atoms with Crippen molar-refractivity contribution < 1.29 is 14.3 Å². The first-order chi connectivity index (χ1) is 12.7. The molecule has 2 aromatic rings. The van der Waals surface area contributed by atoms with Crippen LogP contribution < -0.4 is 16.1 Å². The summed E-state index contributed by atoms with van der Waals surface area (Å²) < 4.78 is 16.8. The van der Waals surface area contributed by atoms with Crippen LogP contribution in [0.25, 0.3) is 10.9 Å². The van der Waals surface area contributed by atoms with Crippen LogP contribution in [0.3, 0.4) is 0 Å². The van der Waals surface area contributed by atoms with Crippen molar-refractivity contribution in [3.8, 4) is 0 Å². The van der Waals surface area contributed by atoms with E-state index in [2.05, 4.69) is 0 Å². The summed E-state index contributed by atoms with van der Waals surface area (Å²) in [5.74, 6) is -1.79. The van der Waals surface area contributed by atoms with Crippen molar-refractivity contribution in [3.05, 3.63) is 39.4 Å². The fraction of sp³-hybridized carbons (Fsp3) is 0.500. The number of aromatic carboxylic acids is 1. The average Bonchev–Trinajstić information content (AvgIpc) is 3.40. The molecule has 0 radical (unpaired) electrons. The Morgan fingerprint density at radius 3 is 2.70 bits per heavy atom. The number of carboxylic acid groups (broad SMARTS) is 1. The van der Waals surface area contributed by atoms with Gasteiger partial charge in [-0.2, -0.15) is 0 Å². The molecular weight excluding hydrogens is 349 g/mol. The summed E-state index contributed by atoms with van der Waals surface area (Å²) in [4.78, 5) is 25.9. The number of halogens is 1. The Morgan fingerprint density at radius 2 is 2.15 bits per heavy atom. The Bertz CT molecular complexity index is 948. The fourth-order valence-corrected chi connectivity index (χ4v) is 3.69. The largest absolute Gasteiger partial charge is 0.477 e. The molecule has 7 heteroatoms. The van der Waals surface area contributed by atoms with E-state index >= 15 is 0 Å². The minimum atomic E-state index is -1.29. The summed E-state index contributed by atoms with van der Waals surface area (Å²) in [5.41, 5.74) is 6.58. The standard InChI is InChI=1S/C20H26FN3O3/c1-11(22)5-4-8-23(3)18-12(2)17-14(9-16(18)21)19(25)15(20(26)27)10-24(17)13-6-7-13/h9-11,13H,4-8,22H2,1-3H3,(H,26,27). The van der Waals surface area contributed by atoms with E-state index in [0.717, 1.165) is 25.7 Å². The molecule has 3 rings (SSSR count). The number of aromatic nitrogens is 1. The molecule has 1 fully saturated rings. The van der Waals surface area contributed by atoms with Gasteiger partial charge in [0.2, 0.25) is 5.43 Å². The van der Waals surface area contributed by atoms with Crippen molar-refractivity contribution in [3.63, 3.8) is 0 Å². The van der Waals surface area contributed by atoms with Gasteiger partial charge < -0.3 is 20.3 Å². The zero-order chi connectivity index (χ0) is 19.9. The normalized spacial score (nSPS) is 15.1. The maximum Gasteiger partial charge on any atom is 0.341 e. The number of rotatable bonds is 7. The number of carboxylic acids is 1. The second kappa shape index (κ2) is 7.31. The zero-order valence-corrected chi connectivity index (χ0v) is 16.0. The van der Waals surface area contributed by atoms with Crippen LogP contribution in [-0.4, -0.2) is 35.3 Å². The van der Waals surface area contributed by atoms with Gasteiger partial charge in [-0.25, -0.2) is 9.18 Å². The van der Waals surface area contributed by atoms with Gasteiger partial charge in [0, 0.05) is 37.3 Å². The van der Waals surface area contributed by atoms with Crippen molar-refractivity contribution in [1.29, 1.82) is 0 Å². The summed E-state index contributed by atoms with van der Waals surface area (Å²) in [7, 11) is 1.82. The molecule has 0 saturated heterocycles. The molecule has 3 N–H and O–H groups in total. The van der Waals surface area contributed by atoms with Crippen molar-refractivity contribution >= 4 is 22.6 Å². The highest BCUT2D eigenvalue weighted by atomic mass is 19.1. The van der Waals surface area contributed by atoms with Crippen LogP contribution in [0.15, 0.2) is 17.1 Å². The predicted molar refractivity (Wildman–Crippen MR) is 104 cm³/mol. The minimum absolute atomic E-state index is 0.0930. The SMILES string of the molecule is Cc1c(N(C)CCCC(C)N)c(F)cc2c(=O)c(C(=O)O)cn(C3CC3)c12. The van der Waals surface area contributed by atoms with Gasteiger partial charge in [0.1, 0.15) is 11.4 Å². The number of pyridine rings is 1. The number of hydrogen-bond donors (Lipinski definition) is 2. The van der Waals surface area contributed by atoms with Gasteiger partial charge in [0.25, 0.3) is 0 Å². The van der Waals surface area contributed by atoms with Crippen molar-refractivity contribution in [2.45, 2.75) is 51.6 Å². The number of carbonyl (C=O) groups is 1. The first-order valence-corrected chi connectivity index (χ1v) is 9.30. The smallest absolute Gasteiger partial charge is 0.341 e. The average molecular weight is 375 g/mol. The van der Waals surface area contributed by atoms with E-state index in [1.54, 1.807) is 6.92 Å². The fourth-order valence-electron chi connectivity index (χ4n) is 3.69. The molecule has 0 bridgehead atoms. The van der Waals surface area contributed by atoms with Gasteiger partial charge in [-0.3, -0.25) is 4.79 Å². The number of fused-ring (bicyclic) bond motifs is 1. The van der Waals surface area contributed by atoms with E-state index in [1.807, 2.05) is 23.4 Å². The Kier molecular flexibility index (Phi) is 5.24. The third-order valence-electron chi connectivity index (χ3n) is 5.18. The number of anilines is 1. The number of nitrogens with zero attached hydrogens (tertiary/aromatic N) is 2. The first kappa shape index (κ1) is 19.4. The second-order valence-electron chi connectivity index (χ2n) is 7.58. The molecular formula is C20H26FN3O3. The molecule has 0 aliphatic heterocycles. The van der Waals surface area contributed by atoms with Crippen molar-refractivity contribution in [2.24, 2.45) is 5.73 Å². The van der Waals surface area contributed by atoms with Crippen LogP contribution in [0.5, 0.6) is 0 Å². The summed E-state index contributed by atoms with van der Waals surface area (Å²) in [6, 6.07) is 1.44. The van der Waals surface area contributed by atoms with Crippen LogP contribution in [0.2, 0.25) is 0 Å². The molecule has 1 aromatic carbocycles. The number of nitrogens with two attached hydrogens (primary N) is 1. The van der Waals surface area contributed by atoms with E-state index in [9.17, 15) is 19.1 Å². The monoisotopic (exact) mass is 375 g/mol. The lowest BCUT2D eigenvalue weighted by Gasteiger charge is -2.25. The lowest BCUT2D eigenvalue weighted by Crippen LogP contribution is -2.25. The van der Waals surface area contributed by atoms with Gasteiger partial charge in [0.05, 0.1) is 11.2 Å². The molecule has 1 saturated carbocycles. The highest BCUT2D eigenvalue weighted by Gasteiger charge is 2.29. The quantitative estimate of drug-likeness (QED) is 0.776. The van der Waals surface area contributed by atoms with Crippen molar-refractivity contribution in [1.82, 2.24) is 4.57 Å². The molecule has 6 nitrogen and oxygen atoms in total. The van der Waals surface area contributed by atoms with Gasteiger partial charge in [0.15, 0.2) is 0 Å². The molecule has 146 valence electrons. The summed E-state index contributed by atoms with van der Waals surface area (Å²) >= 11 is 0. The molecule has 1 atom stereocenters. The highest BCUT2D eigenvalue weighted by Crippen LogP contribution is 2.39. The molecule has 1 unspecified atom stereocenters. The summed E-state index contributed by atoms with van der Waals surface area (Å²) in [5, 5.41) is 9.48. The number of aryl methyl sites for hydroxylation is 1. The number of hydrogen-bond acceptors (Lipinski definition) is 4.